The molecule has 1 aliphatic heterocycles. The molecule has 0 aromatic heterocycles. The number of halogens is 1. The van der Waals surface area contributed by atoms with E-state index in [2.05, 4.69) is 10.6 Å². The smallest absolute Gasteiger partial charge is 0.294 e. The number of amides is 1. The van der Waals surface area contributed by atoms with Crippen LogP contribution in [0.1, 0.15) is 19.3 Å². The van der Waals surface area contributed by atoms with Gasteiger partial charge in [-0.15, -0.1) is 0 Å². The number of nitrogens with one attached hydrogen (secondary N) is 2. The second kappa shape index (κ2) is 5.61. The molecule has 21 heavy (non-hydrogen) atoms. The molecule has 1 aromatic carbocycles. The predicted molar refractivity (Wildman–Crippen MR) is 79.4 cm³/mol. The molecule has 3 rings (SSSR count). The van der Waals surface area contributed by atoms with Crippen LogP contribution >= 0.6 is 11.6 Å². The van der Waals surface area contributed by atoms with Gasteiger partial charge in [-0.25, -0.2) is 0 Å². The number of benzene rings is 1. The average Bonchev–Trinajstić information content (AvgIpc) is 3.02. The van der Waals surface area contributed by atoms with E-state index in [1.54, 1.807) is 0 Å². The highest BCUT2D eigenvalue weighted by molar-refractivity contribution is 6.31. The van der Waals surface area contributed by atoms with E-state index in [-0.39, 0.29) is 28.3 Å². The summed E-state index contributed by atoms with van der Waals surface area (Å²) in [5.74, 6) is 0.701. The zero-order chi connectivity index (χ0) is 15.0. The number of nitro groups is 1. The van der Waals surface area contributed by atoms with Gasteiger partial charge >= 0.3 is 0 Å². The van der Waals surface area contributed by atoms with Gasteiger partial charge in [-0.2, -0.15) is 0 Å². The molecule has 0 bridgehead atoms. The molecular weight excluding hydrogens is 294 g/mol. The maximum atomic E-state index is 12.4. The van der Waals surface area contributed by atoms with E-state index in [0.29, 0.717) is 11.8 Å². The molecule has 112 valence electrons. The topological polar surface area (TPSA) is 84.3 Å². The first-order chi connectivity index (χ1) is 10.1. The molecule has 6 nitrogen and oxygen atoms in total. The van der Waals surface area contributed by atoms with Crippen molar-refractivity contribution in [3.8, 4) is 0 Å². The van der Waals surface area contributed by atoms with E-state index >= 15 is 0 Å². The third kappa shape index (κ3) is 2.73. The molecule has 0 radical (unpaired) electrons. The highest BCUT2D eigenvalue weighted by atomic mass is 35.5. The second-order valence-corrected chi connectivity index (χ2v) is 6.09. The van der Waals surface area contributed by atoms with Crippen LogP contribution in [-0.2, 0) is 4.79 Å². The number of nitrogens with zero attached hydrogens (tertiary/aromatic N) is 1. The molecule has 1 aromatic rings. The third-order valence-electron chi connectivity index (χ3n) is 4.44. The summed E-state index contributed by atoms with van der Waals surface area (Å²) >= 11 is 5.77. The Balaban J connectivity index is 1.77. The first-order valence-corrected chi connectivity index (χ1v) is 7.42. The summed E-state index contributed by atoms with van der Waals surface area (Å²) in [6, 6.07) is 3.99. The number of hydrogen-bond donors (Lipinski definition) is 2. The van der Waals surface area contributed by atoms with Crippen LogP contribution in [-0.4, -0.2) is 23.4 Å². The fourth-order valence-corrected chi connectivity index (χ4v) is 3.61. The van der Waals surface area contributed by atoms with Crippen molar-refractivity contribution in [2.45, 2.75) is 25.3 Å². The van der Waals surface area contributed by atoms with Crippen LogP contribution in [0.3, 0.4) is 0 Å². The molecule has 1 saturated carbocycles. The minimum Gasteiger partial charge on any atom is -0.319 e. The van der Waals surface area contributed by atoms with E-state index in [1.165, 1.54) is 18.2 Å². The number of fused-ring (bicyclic) bond motifs is 1. The maximum Gasteiger partial charge on any atom is 0.294 e. The molecule has 2 N–H and O–H groups in total. The highest BCUT2D eigenvalue weighted by Crippen LogP contribution is 2.38. The Hall–Kier alpha value is -1.66. The number of anilines is 1. The Labute approximate surface area is 127 Å². The lowest BCUT2D eigenvalue weighted by atomic mass is 9.93. The molecule has 0 spiro atoms. The Morgan fingerprint density at radius 2 is 2.24 bits per heavy atom. The minimum atomic E-state index is -0.540. The van der Waals surface area contributed by atoms with Gasteiger partial charge in [0, 0.05) is 11.1 Å². The molecule has 7 heteroatoms. The average molecular weight is 310 g/mol. The molecule has 3 unspecified atom stereocenters. The van der Waals surface area contributed by atoms with Crippen molar-refractivity contribution < 1.29 is 9.72 Å². The molecule has 1 saturated heterocycles. The zero-order valence-corrected chi connectivity index (χ0v) is 12.1. The Bertz CT molecular complexity index is 593. The van der Waals surface area contributed by atoms with E-state index in [1.807, 2.05) is 0 Å². The largest absolute Gasteiger partial charge is 0.319 e. The van der Waals surface area contributed by atoms with Gasteiger partial charge in [0.2, 0.25) is 5.91 Å². The number of carbonyl (C=O) groups excluding carboxylic acids is 1. The van der Waals surface area contributed by atoms with Crippen molar-refractivity contribution in [3.05, 3.63) is 33.3 Å². The molecule has 2 aliphatic rings. The van der Waals surface area contributed by atoms with Crippen LogP contribution in [0.2, 0.25) is 5.02 Å². The van der Waals surface area contributed by atoms with E-state index < -0.39 is 4.92 Å². The SMILES string of the molecule is O=C(Nc1ccc(Cl)cc1[N+](=O)[O-])C1NCC2CCCC21. The summed E-state index contributed by atoms with van der Waals surface area (Å²) in [6.45, 7) is 0.853. The number of rotatable bonds is 3. The van der Waals surface area contributed by atoms with Gasteiger partial charge in [0.25, 0.3) is 5.69 Å². The lowest BCUT2D eigenvalue weighted by Crippen LogP contribution is -2.39. The summed E-state index contributed by atoms with van der Waals surface area (Å²) in [6.07, 6.45) is 3.35. The Morgan fingerprint density at radius 1 is 1.43 bits per heavy atom. The van der Waals surface area contributed by atoms with Gasteiger partial charge in [-0.3, -0.25) is 14.9 Å². The van der Waals surface area contributed by atoms with E-state index in [0.717, 1.165) is 25.8 Å². The summed E-state index contributed by atoms with van der Waals surface area (Å²) in [5, 5.41) is 17.2. The highest BCUT2D eigenvalue weighted by Gasteiger charge is 2.42. The fraction of sp³-hybridized carbons (Fsp3) is 0.500. The quantitative estimate of drug-likeness (QED) is 0.664. The molecule has 1 aliphatic carbocycles. The summed E-state index contributed by atoms with van der Waals surface area (Å²) in [7, 11) is 0. The maximum absolute atomic E-state index is 12.4. The van der Waals surface area contributed by atoms with Gasteiger partial charge < -0.3 is 10.6 Å². The van der Waals surface area contributed by atoms with Crippen LogP contribution in [0.25, 0.3) is 0 Å². The normalized spacial score (nSPS) is 27.4. The van der Waals surface area contributed by atoms with Gasteiger partial charge in [-0.05, 0) is 43.4 Å². The van der Waals surface area contributed by atoms with Gasteiger partial charge in [0.15, 0.2) is 0 Å². The van der Waals surface area contributed by atoms with Crippen LogP contribution in [0.4, 0.5) is 11.4 Å². The van der Waals surface area contributed by atoms with Crippen molar-refractivity contribution in [1.29, 1.82) is 0 Å². The number of hydrogen-bond acceptors (Lipinski definition) is 4. The Kier molecular flexibility index (Phi) is 3.82. The molecular formula is C14H16ClN3O3. The lowest BCUT2D eigenvalue weighted by molar-refractivity contribution is -0.383. The second-order valence-electron chi connectivity index (χ2n) is 5.65. The predicted octanol–water partition coefficient (Wildman–Crippen LogP) is 2.57. The van der Waals surface area contributed by atoms with Crippen LogP contribution in [0.15, 0.2) is 18.2 Å². The molecule has 2 fully saturated rings. The van der Waals surface area contributed by atoms with Gasteiger partial charge in [-0.1, -0.05) is 18.0 Å². The Morgan fingerprint density at radius 3 is 3.00 bits per heavy atom. The zero-order valence-electron chi connectivity index (χ0n) is 11.3. The third-order valence-corrected chi connectivity index (χ3v) is 4.68. The van der Waals surface area contributed by atoms with Crippen LogP contribution in [0, 0.1) is 22.0 Å². The summed E-state index contributed by atoms with van der Waals surface area (Å²) in [5.41, 5.74) is 0.00876. The first kappa shape index (κ1) is 14.3. The summed E-state index contributed by atoms with van der Waals surface area (Å²) < 4.78 is 0. The van der Waals surface area contributed by atoms with Gasteiger partial charge in [0.05, 0.1) is 11.0 Å². The summed E-state index contributed by atoms with van der Waals surface area (Å²) in [4.78, 5) is 22.9. The monoisotopic (exact) mass is 309 g/mol. The first-order valence-electron chi connectivity index (χ1n) is 7.04. The van der Waals surface area contributed by atoms with Crippen molar-refractivity contribution in [2.75, 3.05) is 11.9 Å². The van der Waals surface area contributed by atoms with E-state index in [4.69, 9.17) is 11.6 Å². The number of carbonyl (C=O) groups is 1. The minimum absolute atomic E-state index is 0.184. The molecule has 3 atom stereocenters. The number of nitro benzene ring substituents is 1. The van der Waals surface area contributed by atoms with Crippen molar-refractivity contribution >= 4 is 28.9 Å². The fourth-order valence-electron chi connectivity index (χ4n) is 3.45. The van der Waals surface area contributed by atoms with Crippen molar-refractivity contribution in [3.63, 3.8) is 0 Å². The standard InChI is InChI=1S/C14H16ClN3O3/c15-9-4-5-11(12(6-9)18(20)21)17-14(19)13-10-3-1-2-8(10)7-16-13/h4-6,8,10,13,16H,1-3,7H2,(H,17,19). The lowest BCUT2D eigenvalue weighted by Gasteiger charge is -2.17. The molecule has 1 amide bonds. The van der Waals surface area contributed by atoms with Crippen LogP contribution < -0.4 is 10.6 Å². The van der Waals surface area contributed by atoms with Crippen LogP contribution in [0.5, 0.6) is 0 Å². The van der Waals surface area contributed by atoms with Crippen molar-refractivity contribution in [1.82, 2.24) is 5.32 Å². The van der Waals surface area contributed by atoms with E-state index in [9.17, 15) is 14.9 Å². The molecule has 1 heterocycles. The van der Waals surface area contributed by atoms with Gasteiger partial charge in [0.1, 0.15) is 5.69 Å². The van der Waals surface area contributed by atoms with Crippen molar-refractivity contribution in [2.24, 2.45) is 11.8 Å².